The molecule has 0 bridgehead atoms. The molecule has 0 saturated carbocycles. The lowest BCUT2D eigenvalue weighted by molar-refractivity contribution is -0.137. The molecule has 5 rings (SSSR count). The standard InChI is InChI=1S/C24H19ClFNO2S2/c1-13-11-30-12-19(13)18-9-16(26)10-20-22(18)24(31-17-4-2-15(25)3-5-17)23-14(8-21(28)29)6-7-27(20)23/h2-5,9-12,14H,6-8H2,1H3,(H,28,29). The number of hydrogen-bond donors (Lipinski definition) is 1. The Morgan fingerprint density at radius 3 is 2.71 bits per heavy atom. The monoisotopic (exact) mass is 471 g/mol. The summed E-state index contributed by atoms with van der Waals surface area (Å²) in [6.07, 6.45) is 0.814. The smallest absolute Gasteiger partial charge is 0.304 e. The van der Waals surface area contributed by atoms with Gasteiger partial charge in [-0.1, -0.05) is 23.4 Å². The second-order valence-corrected chi connectivity index (χ2v) is 10.1. The van der Waals surface area contributed by atoms with E-state index in [2.05, 4.69) is 15.3 Å². The van der Waals surface area contributed by atoms with Crippen molar-refractivity contribution < 1.29 is 14.3 Å². The van der Waals surface area contributed by atoms with Gasteiger partial charge in [0, 0.05) is 38.4 Å². The lowest BCUT2D eigenvalue weighted by Gasteiger charge is -2.12. The first-order valence-electron chi connectivity index (χ1n) is 9.96. The molecule has 0 spiro atoms. The van der Waals surface area contributed by atoms with Crippen LogP contribution in [0.3, 0.4) is 0 Å². The average Bonchev–Trinajstić information content (AvgIpc) is 3.40. The van der Waals surface area contributed by atoms with E-state index in [1.165, 1.54) is 0 Å². The zero-order chi connectivity index (χ0) is 21.7. The number of aryl methyl sites for hydroxylation is 2. The number of nitrogens with zero attached hydrogens (tertiary/aromatic N) is 1. The fourth-order valence-corrected chi connectivity index (χ4v) is 6.65. The van der Waals surface area contributed by atoms with Crippen molar-refractivity contribution in [2.24, 2.45) is 0 Å². The molecule has 3 nitrogen and oxygen atoms in total. The summed E-state index contributed by atoms with van der Waals surface area (Å²) in [4.78, 5) is 13.6. The summed E-state index contributed by atoms with van der Waals surface area (Å²) < 4.78 is 16.9. The van der Waals surface area contributed by atoms with E-state index in [1.54, 1.807) is 35.2 Å². The molecule has 158 valence electrons. The number of halogens is 2. The average molecular weight is 472 g/mol. The summed E-state index contributed by atoms with van der Waals surface area (Å²) in [6.45, 7) is 2.72. The van der Waals surface area contributed by atoms with E-state index < -0.39 is 5.97 Å². The number of fused-ring (bicyclic) bond motifs is 3. The maximum absolute atomic E-state index is 14.8. The SMILES string of the molecule is Cc1cscc1-c1cc(F)cc2c1c(Sc1ccc(Cl)cc1)c1n2CCC1CC(=O)O. The Morgan fingerprint density at radius 2 is 2.03 bits per heavy atom. The molecular weight excluding hydrogens is 453 g/mol. The van der Waals surface area contributed by atoms with Crippen molar-refractivity contribution in [3.8, 4) is 11.1 Å². The van der Waals surface area contributed by atoms with Crippen LogP contribution in [0.2, 0.25) is 5.02 Å². The van der Waals surface area contributed by atoms with Gasteiger partial charge in [-0.05, 0) is 77.2 Å². The van der Waals surface area contributed by atoms with E-state index in [0.29, 0.717) is 11.6 Å². The minimum Gasteiger partial charge on any atom is -0.481 e. The van der Waals surface area contributed by atoms with E-state index in [-0.39, 0.29) is 18.2 Å². The van der Waals surface area contributed by atoms with Crippen molar-refractivity contribution in [1.29, 1.82) is 0 Å². The molecular formula is C24H19ClFNO2S2. The van der Waals surface area contributed by atoms with Gasteiger partial charge in [0.25, 0.3) is 0 Å². The first-order valence-corrected chi connectivity index (χ1v) is 12.1. The molecule has 7 heteroatoms. The van der Waals surface area contributed by atoms with Gasteiger partial charge in [-0.3, -0.25) is 4.79 Å². The summed E-state index contributed by atoms with van der Waals surface area (Å²) in [5.41, 5.74) is 4.82. The van der Waals surface area contributed by atoms with Gasteiger partial charge in [-0.15, -0.1) is 0 Å². The number of thiophene rings is 1. The summed E-state index contributed by atoms with van der Waals surface area (Å²) >= 11 is 9.27. The highest BCUT2D eigenvalue weighted by atomic mass is 35.5. The first kappa shape index (κ1) is 20.6. The number of rotatable bonds is 5. The number of carboxylic acid groups (broad SMARTS) is 1. The van der Waals surface area contributed by atoms with Crippen LogP contribution >= 0.6 is 34.7 Å². The second kappa shape index (κ2) is 8.01. The van der Waals surface area contributed by atoms with Gasteiger partial charge in [0.15, 0.2) is 0 Å². The molecule has 4 aromatic rings. The quantitative estimate of drug-likeness (QED) is 0.326. The van der Waals surface area contributed by atoms with Crippen LogP contribution < -0.4 is 0 Å². The van der Waals surface area contributed by atoms with Crippen molar-refractivity contribution in [1.82, 2.24) is 4.57 Å². The molecule has 0 aliphatic carbocycles. The predicted octanol–water partition coefficient (Wildman–Crippen LogP) is 7.58. The van der Waals surface area contributed by atoms with Gasteiger partial charge < -0.3 is 9.67 Å². The Morgan fingerprint density at radius 1 is 1.26 bits per heavy atom. The van der Waals surface area contributed by atoms with Gasteiger partial charge in [0.2, 0.25) is 0 Å². The predicted molar refractivity (Wildman–Crippen MR) is 125 cm³/mol. The third-order valence-electron chi connectivity index (χ3n) is 5.81. The Labute approximate surface area is 192 Å². The van der Waals surface area contributed by atoms with Crippen molar-refractivity contribution in [2.45, 2.75) is 42.0 Å². The number of aromatic nitrogens is 1. The largest absolute Gasteiger partial charge is 0.481 e. The van der Waals surface area contributed by atoms with Gasteiger partial charge in [0.1, 0.15) is 5.82 Å². The molecule has 1 unspecified atom stereocenters. The number of aliphatic carboxylic acids is 1. The fourth-order valence-electron chi connectivity index (χ4n) is 4.47. The minimum atomic E-state index is -0.814. The molecule has 0 fully saturated rings. The maximum Gasteiger partial charge on any atom is 0.304 e. The second-order valence-electron chi connectivity index (χ2n) is 7.82. The van der Waals surface area contributed by atoms with Gasteiger partial charge in [0.05, 0.1) is 11.9 Å². The summed E-state index contributed by atoms with van der Waals surface area (Å²) in [6, 6.07) is 10.8. The third-order valence-corrected chi connectivity index (χ3v) is 8.05. The van der Waals surface area contributed by atoms with Crippen LogP contribution in [0, 0.1) is 12.7 Å². The van der Waals surface area contributed by atoms with E-state index in [9.17, 15) is 14.3 Å². The van der Waals surface area contributed by atoms with E-state index in [0.717, 1.165) is 49.5 Å². The van der Waals surface area contributed by atoms with Crippen molar-refractivity contribution in [3.63, 3.8) is 0 Å². The summed E-state index contributed by atoms with van der Waals surface area (Å²) in [5.74, 6) is -1.19. The lowest BCUT2D eigenvalue weighted by atomic mass is 9.97. The van der Waals surface area contributed by atoms with Gasteiger partial charge in [-0.25, -0.2) is 4.39 Å². The zero-order valence-electron chi connectivity index (χ0n) is 16.7. The molecule has 1 atom stereocenters. The molecule has 1 aliphatic rings. The Hall–Kier alpha value is -2.28. The zero-order valence-corrected chi connectivity index (χ0v) is 19.1. The maximum atomic E-state index is 14.8. The summed E-state index contributed by atoms with van der Waals surface area (Å²) in [7, 11) is 0. The van der Waals surface area contributed by atoms with Crippen LogP contribution in [0.15, 0.2) is 56.9 Å². The number of benzene rings is 2. The number of hydrogen-bond acceptors (Lipinski definition) is 3. The van der Waals surface area contributed by atoms with E-state index in [4.69, 9.17) is 11.6 Å². The van der Waals surface area contributed by atoms with Gasteiger partial charge in [-0.2, -0.15) is 11.3 Å². The van der Waals surface area contributed by atoms with E-state index in [1.807, 2.05) is 31.2 Å². The molecule has 0 saturated heterocycles. The van der Waals surface area contributed by atoms with Crippen LogP contribution in [-0.4, -0.2) is 15.6 Å². The van der Waals surface area contributed by atoms with Crippen molar-refractivity contribution >= 4 is 51.6 Å². The van der Waals surface area contributed by atoms with Crippen LogP contribution in [0.25, 0.3) is 22.0 Å². The Balaban J connectivity index is 1.79. The Kier molecular flexibility index (Phi) is 5.32. The molecule has 3 heterocycles. The van der Waals surface area contributed by atoms with Crippen molar-refractivity contribution in [3.05, 3.63) is 69.3 Å². The molecule has 0 radical (unpaired) electrons. The molecule has 31 heavy (non-hydrogen) atoms. The van der Waals surface area contributed by atoms with Crippen LogP contribution in [0.4, 0.5) is 4.39 Å². The normalized spacial score (nSPS) is 15.5. The fraction of sp³-hybridized carbons (Fsp3) is 0.208. The third kappa shape index (κ3) is 3.67. The lowest BCUT2D eigenvalue weighted by Crippen LogP contribution is -2.04. The molecule has 0 amide bonds. The number of carboxylic acids is 1. The van der Waals surface area contributed by atoms with Crippen LogP contribution in [0.1, 0.15) is 30.0 Å². The number of carbonyl (C=O) groups is 1. The van der Waals surface area contributed by atoms with Crippen LogP contribution in [-0.2, 0) is 11.3 Å². The first-order chi connectivity index (χ1) is 14.9. The highest BCUT2D eigenvalue weighted by Crippen LogP contribution is 2.50. The topological polar surface area (TPSA) is 42.2 Å². The minimum absolute atomic E-state index is 0.0692. The van der Waals surface area contributed by atoms with Crippen molar-refractivity contribution in [2.75, 3.05) is 0 Å². The molecule has 2 aromatic heterocycles. The Bertz CT molecular complexity index is 1310. The summed E-state index contributed by atoms with van der Waals surface area (Å²) in [5, 5.41) is 15.3. The highest BCUT2D eigenvalue weighted by molar-refractivity contribution is 7.99. The van der Waals surface area contributed by atoms with Crippen LogP contribution in [0.5, 0.6) is 0 Å². The molecule has 1 N–H and O–H groups in total. The van der Waals surface area contributed by atoms with E-state index >= 15 is 0 Å². The molecule has 2 aromatic carbocycles. The molecule has 1 aliphatic heterocycles. The highest BCUT2D eigenvalue weighted by Gasteiger charge is 2.33. The van der Waals surface area contributed by atoms with Gasteiger partial charge >= 0.3 is 5.97 Å².